The van der Waals surface area contributed by atoms with E-state index in [2.05, 4.69) is 35.0 Å². The first-order chi connectivity index (χ1) is 17.3. The van der Waals surface area contributed by atoms with Crippen LogP contribution in [-0.2, 0) is 17.6 Å². The molecule has 1 aliphatic heterocycles. The lowest BCUT2D eigenvalue weighted by atomic mass is 9.90. The van der Waals surface area contributed by atoms with Gasteiger partial charge in [0.05, 0.1) is 26.5 Å². The minimum absolute atomic E-state index is 0.0537. The van der Waals surface area contributed by atoms with Crippen molar-refractivity contribution in [2.75, 3.05) is 25.7 Å². The Hall–Kier alpha value is -4.14. The van der Waals surface area contributed by atoms with Gasteiger partial charge in [-0.3, -0.25) is 4.79 Å². The molecular formula is C27H32N6O3. The van der Waals surface area contributed by atoms with Gasteiger partial charge in [-0.2, -0.15) is 10.1 Å². The summed E-state index contributed by atoms with van der Waals surface area (Å²) in [7, 11) is 3.18. The second-order valence-corrected chi connectivity index (χ2v) is 9.11. The van der Waals surface area contributed by atoms with Crippen molar-refractivity contribution < 1.29 is 14.3 Å². The van der Waals surface area contributed by atoms with Crippen LogP contribution in [0.3, 0.4) is 0 Å². The van der Waals surface area contributed by atoms with Gasteiger partial charge in [0.1, 0.15) is 5.82 Å². The van der Waals surface area contributed by atoms with Gasteiger partial charge in [0.15, 0.2) is 11.5 Å². The van der Waals surface area contributed by atoms with Gasteiger partial charge in [-0.05, 0) is 40.7 Å². The second-order valence-electron chi connectivity index (χ2n) is 9.11. The van der Waals surface area contributed by atoms with Gasteiger partial charge in [0.2, 0.25) is 11.9 Å². The fraction of sp³-hybridized carbons (Fsp3) is 0.333. The molecule has 0 bridgehead atoms. The number of carbonyl (C=O) groups is 1. The highest BCUT2D eigenvalue weighted by Gasteiger charge is 2.31. The molecule has 1 atom stereocenters. The normalized spacial score (nSPS) is 14.6. The maximum Gasteiger partial charge on any atom is 0.243 e. The number of methoxy groups -OCH3 is 2. The summed E-state index contributed by atoms with van der Waals surface area (Å²) in [5, 5.41) is 6.14. The first-order valence-corrected chi connectivity index (χ1v) is 11.9. The Morgan fingerprint density at radius 1 is 1.11 bits per heavy atom. The zero-order valence-electron chi connectivity index (χ0n) is 21.1. The van der Waals surface area contributed by atoms with Gasteiger partial charge in [0, 0.05) is 24.6 Å². The fourth-order valence-electron chi connectivity index (χ4n) is 4.63. The number of anilines is 2. The zero-order valence-corrected chi connectivity index (χ0v) is 21.1. The molecule has 3 aromatic rings. The number of carbonyl (C=O) groups excluding carboxylic acids is 1. The van der Waals surface area contributed by atoms with E-state index in [1.165, 1.54) is 0 Å². The molecule has 1 aromatic heterocycles. The summed E-state index contributed by atoms with van der Waals surface area (Å²) in [5.74, 6) is 1.79. The third-order valence-electron chi connectivity index (χ3n) is 6.32. The number of nitrogen functional groups attached to an aromatic ring is 2. The SMILES string of the molecule is COc1cc(Cc2cnc(N)nc2N)cc(CCC(=O)N2N=Cc3ccccc3[C@@H]2C(C)C)c1OC. The minimum atomic E-state index is -0.116. The number of aromatic nitrogens is 2. The summed E-state index contributed by atoms with van der Waals surface area (Å²) in [4.78, 5) is 21.5. The van der Waals surface area contributed by atoms with Crippen LogP contribution in [0, 0.1) is 5.92 Å². The summed E-state index contributed by atoms with van der Waals surface area (Å²) in [6, 6.07) is 11.8. The number of hydrogen-bond donors (Lipinski definition) is 2. The number of nitrogens with zero attached hydrogens (tertiary/aromatic N) is 4. The average molecular weight is 489 g/mol. The summed E-state index contributed by atoms with van der Waals surface area (Å²) >= 11 is 0. The Balaban J connectivity index is 1.58. The van der Waals surface area contributed by atoms with E-state index in [1.54, 1.807) is 31.6 Å². The summed E-state index contributed by atoms with van der Waals surface area (Å²) in [6.45, 7) is 4.21. The lowest BCUT2D eigenvalue weighted by Gasteiger charge is -2.34. The van der Waals surface area contributed by atoms with Crippen molar-refractivity contribution in [1.82, 2.24) is 15.0 Å². The standard InChI is InChI=1S/C27H32N6O3/c1-16(2)24-21-8-6-5-7-19(21)15-31-33(24)23(34)10-9-18-11-17(13-22(35-3)25(18)36-4)12-20-14-30-27(29)32-26(20)28/h5-8,11,13-16,24H,9-10,12H2,1-4H3,(H4,28,29,30,32)/t24-/m0/s1. The molecule has 0 saturated heterocycles. The van der Waals surface area contributed by atoms with Crippen molar-refractivity contribution >= 4 is 23.9 Å². The molecule has 0 aliphatic carbocycles. The molecule has 36 heavy (non-hydrogen) atoms. The van der Waals surface area contributed by atoms with E-state index in [0.717, 1.165) is 27.8 Å². The lowest BCUT2D eigenvalue weighted by molar-refractivity contribution is -0.134. The van der Waals surface area contributed by atoms with Crippen LogP contribution in [0.25, 0.3) is 0 Å². The highest BCUT2D eigenvalue weighted by Crippen LogP contribution is 2.36. The smallest absolute Gasteiger partial charge is 0.243 e. The van der Waals surface area contributed by atoms with Crippen LogP contribution in [0.5, 0.6) is 11.5 Å². The number of benzene rings is 2. The number of fused-ring (bicyclic) bond motifs is 1. The summed E-state index contributed by atoms with van der Waals surface area (Å²) in [6.07, 6.45) is 4.58. The van der Waals surface area contributed by atoms with E-state index in [-0.39, 0.29) is 30.2 Å². The average Bonchev–Trinajstić information content (AvgIpc) is 2.87. The van der Waals surface area contributed by atoms with Crippen LogP contribution in [0.2, 0.25) is 0 Å². The molecule has 0 fully saturated rings. The molecule has 4 rings (SSSR count). The Morgan fingerprint density at radius 3 is 2.58 bits per heavy atom. The van der Waals surface area contributed by atoms with Gasteiger partial charge in [0.25, 0.3) is 0 Å². The highest BCUT2D eigenvalue weighted by molar-refractivity contribution is 5.87. The minimum Gasteiger partial charge on any atom is -0.493 e. The first kappa shape index (κ1) is 25.0. The number of hydrazone groups is 1. The molecule has 0 unspecified atom stereocenters. The van der Waals surface area contributed by atoms with Crippen LogP contribution < -0.4 is 20.9 Å². The second kappa shape index (κ2) is 10.6. The van der Waals surface area contributed by atoms with Crippen LogP contribution in [-0.4, -0.2) is 41.3 Å². The first-order valence-electron chi connectivity index (χ1n) is 11.9. The molecule has 188 valence electrons. The largest absolute Gasteiger partial charge is 0.493 e. The lowest BCUT2D eigenvalue weighted by Crippen LogP contribution is -2.36. The fourth-order valence-corrected chi connectivity index (χ4v) is 4.63. The molecule has 2 heterocycles. The summed E-state index contributed by atoms with van der Waals surface area (Å²) in [5.41, 5.74) is 16.4. The number of nitrogens with two attached hydrogens (primary N) is 2. The van der Waals surface area contributed by atoms with E-state index >= 15 is 0 Å². The predicted molar refractivity (Wildman–Crippen MR) is 140 cm³/mol. The van der Waals surface area contributed by atoms with Crippen molar-refractivity contribution in [3.63, 3.8) is 0 Å². The molecule has 9 heteroatoms. The van der Waals surface area contributed by atoms with Crippen LogP contribution in [0.1, 0.15) is 54.1 Å². The van der Waals surface area contributed by atoms with E-state index in [4.69, 9.17) is 20.9 Å². The summed E-state index contributed by atoms with van der Waals surface area (Å²) < 4.78 is 11.2. The van der Waals surface area contributed by atoms with Crippen LogP contribution in [0.4, 0.5) is 11.8 Å². The van der Waals surface area contributed by atoms with Gasteiger partial charge < -0.3 is 20.9 Å². The van der Waals surface area contributed by atoms with Crippen molar-refractivity contribution in [3.05, 3.63) is 70.4 Å². The molecule has 2 aromatic carbocycles. The van der Waals surface area contributed by atoms with Gasteiger partial charge in [-0.15, -0.1) is 0 Å². The van der Waals surface area contributed by atoms with Gasteiger partial charge in [-0.25, -0.2) is 9.99 Å². The van der Waals surface area contributed by atoms with Gasteiger partial charge >= 0.3 is 0 Å². The van der Waals surface area contributed by atoms with E-state index in [1.807, 2.05) is 30.3 Å². The quantitative estimate of drug-likeness (QED) is 0.494. The number of aryl methyl sites for hydroxylation is 1. The zero-order chi connectivity index (χ0) is 25.8. The monoisotopic (exact) mass is 488 g/mol. The van der Waals surface area contributed by atoms with Crippen molar-refractivity contribution in [2.24, 2.45) is 11.0 Å². The maximum atomic E-state index is 13.4. The molecule has 9 nitrogen and oxygen atoms in total. The Labute approximate surface area is 211 Å². The highest BCUT2D eigenvalue weighted by atomic mass is 16.5. The number of amides is 1. The van der Waals surface area contributed by atoms with Crippen molar-refractivity contribution in [2.45, 2.75) is 39.2 Å². The Morgan fingerprint density at radius 2 is 1.89 bits per heavy atom. The number of rotatable bonds is 8. The van der Waals surface area contributed by atoms with Crippen LogP contribution in [0.15, 0.2) is 47.7 Å². The molecule has 0 spiro atoms. The topological polar surface area (TPSA) is 129 Å². The molecule has 0 saturated carbocycles. The molecular weight excluding hydrogens is 456 g/mol. The predicted octanol–water partition coefficient (Wildman–Crippen LogP) is 3.76. The van der Waals surface area contributed by atoms with E-state index in [9.17, 15) is 4.79 Å². The van der Waals surface area contributed by atoms with E-state index in [0.29, 0.717) is 30.2 Å². The van der Waals surface area contributed by atoms with E-state index < -0.39 is 0 Å². The molecule has 1 amide bonds. The maximum absolute atomic E-state index is 13.4. The third kappa shape index (κ3) is 5.10. The van der Waals surface area contributed by atoms with Crippen molar-refractivity contribution in [3.8, 4) is 11.5 Å². The van der Waals surface area contributed by atoms with Crippen molar-refractivity contribution in [1.29, 1.82) is 0 Å². The molecule has 1 aliphatic rings. The molecule has 4 N–H and O–H groups in total. The number of hydrogen-bond acceptors (Lipinski definition) is 8. The van der Waals surface area contributed by atoms with Crippen LogP contribution >= 0.6 is 0 Å². The number of ether oxygens (including phenoxy) is 2. The Bertz CT molecular complexity index is 1290. The molecule has 0 radical (unpaired) electrons. The third-order valence-corrected chi connectivity index (χ3v) is 6.32. The Kier molecular flexibility index (Phi) is 7.38. The van der Waals surface area contributed by atoms with Gasteiger partial charge in [-0.1, -0.05) is 44.2 Å².